The van der Waals surface area contributed by atoms with Gasteiger partial charge in [-0.1, -0.05) is 0 Å². The number of hydrogen-bond donors (Lipinski definition) is 2. The number of aromatic nitrogens is 1. The molecule has 0 unspecified atom stereocenters. The Hall–Kier alpha value is -1.78. The van der Waals surface area contributed by atoms with Gasteiger partial charge < -0.3 is 16.4 Å². The number of nitrogens with two attached hydrogens (primary N) is 2. The molecule has 0 fully saturated rings. The number of nitrogen functional groups attached to an aromatic ring is 1. The predicted octanol–water partition coefficient (Wildman–Crippen LogP) is 0.284. The van der Waals surface area contributed by atoms with Gasteiger partial charge in [0.2, 0.25) is 5.91 Å². The first-order valence-corrected chi connectivity index (χ1v) is 4.80. The third-order valence-corrected chi connectivity index (χ3v) is 2.10. The summed E-state index contributed by atoms with van der Waals surface area (Å²) in [6.45, 7) is 4.71. The van der Waals surface area contributed by atoms with Crippen LogP contribution in [0.2, 0.25) is 0 Å². The minimum absolute atomic E-state index is 0.175. The number of amides is 1. The van der Waals surface area contributed by atoms with Crippen molar-refractivity contribution in [2.24, 2.45) is 5.73 Å². The molecule has 5 nitrogen and oxygen atoms in total. The molecule has 4 N–H and O–H groups in total. The largest absolute Gasteiger partial charge is 0.397 e. The molecule has 0 aliphatic rings. The van der Waals surface area contributed by atoms with Crippen LogP contribution in [0, 0.1) is 6.92 Å². The summed E-state index contributed by atoms with van der Waals surface area (Å²) in [5, 5.41) is 0. The van der Waals surface area contributed by atoms with Gasteiger partial charge in [0.15, 0.2) is 0 Å². The van der Waals surface area contributed by atoms with E-state index in [1.165, 1.54) is 0 Å². The van der Waals surface area contributed by atoms with Crippen LogP contribution >= 0.6 is 0 Å². The van der Waals surface area contributed by atoms with Crippen LogP contribution in [0.5, 0.6) is 0 Å². The first kappa shape index (κ1) is 11.3. The number of carbonyl (C=O) groups excluding carboxylic acids is 1. The summed E-state index contributed by atoms with van der Waals surface area (Å²) in [6.07, 6.45) is 1.58. The number of primary amides is 1. The van der Waals surface area contributed by atoms with Gasteiger partial charge in [0.1, 0.15) is 5.82 Å². The predicted molar refractivity (Wildman–Crippen MR) is 60.5 cm³/mol. The highest BCUT2D eigenvalue weighted by Gasteiger charge is 2.11. The minimum Gasteiger partial charge on any atom is -0.397 e. The van der Waals surface area contributed by atoms with E-state index in [4.69, 9.17) is 11.5 Å². The van der Waals surface area contributed by atoms with Crippen LogP contribution < -0.4 is 16.4 Å². The van der Waals surface area contributed by atoms with E-state index in [0.29, 0.717) is 12.2 Å². The summed E-state index contributed by atoms with van der Waals surface area (Å²) in [7, 11) is 0. The molecule has 1 aromatic heterocycles. The van der Waals surface area contributed by atoms with Gasteiger partial charge in [-0.05, 0) is 25.5 Å². The van der Waals surface area contributed by atoms with Crippen LogP contribution in [0.25, 0.3) is 0 Å². The van der Waals surface area contributed by atoms with Crippen LogP contribution in [-0.4, -0.2) is 24.0 Å². The maximum absolute atomic E-state index is 10.8. The summed E-state index contributed by atoms with van der Waals surface area (Å²) >= 11 is 0. The monoisotopic (exact) mass is 208 g/mol. The number of rotatable bonds is 4. The Morgan fingerprint density at radius 1 is 1.60 bits per heavy atom. The zero-order chi connectivity index (χ0) is 11.4. The summed E-state index contributed by atoms with van der Waals surface area (Å²) < 4.78 is 0. The fourth-order valence-corrected chi connectivity index (χ4v) is 1.44. The van der Waals surface area contributed by atoms with Gasteiger partial charge in [-0.15, -0.1) is 0 Å². The Labute approximate surface area is 89.1 Å². The van der Waals surface area contributed by atoms with E-state index < -0.39 is 0 Å². The smallest absolute Gasteiger partial charge is 0.236 e. The lowest BCUT2D eigenvalue weighted by Crippen LogP contribution is -2.34. The fourth-order valence-electron chi connectivity index (χ4n) is 1.44. The minimum atomic E-state index is -0.366. The molecular formula is C10H16N4O. The highest BCUT2D eigenvalue weighted by atomic mass is 16.1. The third-order valence-electron chi connectivity index (χ3n) is 2.10. The van der Waals surface area contributed by atoms with Crippen molar-refractivity contribution in [2.75, 3.05) is 23.7 Å². The van der Waals surface area contributed by atoms with E-state index in [1.54, 1.807) is 6.20 Å². The van der Waals surface area contributed by atoms with Gasteiger partial charge in [0, 0.05) is 6.54 Å². The second-order valence-electron chi connectivity index (χ2n) is 3.39. The van der Waals surface area contributed by atoms with E-state index in [9.17, 15) is 4.79 Å². The Kier molecular flexibility index (Phi) is 3.49. The van der Waals surface area contributed by atoms with Crippen LogP contribution in [0.1, 0.15) is 12.5 Å². The van der Waals surface area contributed by atoms with Crippen molar-refractivity contribution in [3.63, 3.8) is 0 Å². The highest BCUT2D eigenvalue weighted by Crippen LogP contribution is 2.18. The van der Waals surface area contributed by atoms with Gasteiger partial charge >= 0.3 is 0 Å². The second-order valence-corrected chi connectivity index (χ2v) is 3.39. The quantitative estimate of drug-likeness (QED) is 0.744. The summed E-state index contributed by atoms with van der Waals surface area (Å²) in [5.41, 5.74) is 12.3. The molecule has 0 bridgehead atoms. The van der Waals surface area contributed by atoms with Gasteiger partial charge in [-0.2, -0.15) is 0 Å². The van der Waals surface area contributed by atoms with Crippen molar-refractivity contribution in [3.05, 3.63) is 17.8 Å². The average Bonchev–Trinajstić information content (AvgIpc) is 2.14. The van der Waals surface area contributed by atoms with Crippen LogP contribution in [0.4, 0.5) is 11.5 Å². The molecule has 1 aromatic rings. The van der Waals surface area contributed by atoms with Gasteiger partial charge in [0.25, 0.3) is 0 Å². The van der Waals surface area contributed by atoms with Crippen molar-refractivity contribution in [2.45, 2.75) is 13.8 Å². The van der Waals surface area contributed by atoms with E-state index in [-0.39, 0.29) is 12.5 Å². The first-order chi connectivity index (χ1) is 7.04. The molecule has 1 rings (SSSR count). The zero-order valence-electron chi connectivity index (χ0n) is 9.03. The van der Waals surface area contributed by atoms with Crippen LogP contribution in [-0.2, 0) is 4.79 Å². The van der Waals surface area contributed by atoms with Gasteiger partial charge in [-0.3, -0.25) is 4.79 Å². The summed E-state index contributed by atoms with van der Waals surface area (Å²) in [4.78, 5) is 16.9. The Morgan fingerprint density at radius 3 is 2.73 bits per heavy atom. The molecule has 15 heavy (non-hydrogen) atoms. The SMILES string of the molecule is CCN(CC(N)=O)c1ncc(N)cc1C. The third kappa shape index (κ3) is 2.83. The topological polar surface area (TPSA) is 85.2 Å². The normalized spacial score (nSPS) is 10.0. The molecular weight excluding hydrogens is 192 g/mol. The van der Waals surface area contributed by atoms with Crippen molar-refractivity contribution in [3.8, 4) is 0 Å². The number of carbonyl (C=O) groups is 1. The molecule has 5 heteroatoms. The molecule has 0 saturated heterocycles. The van der Waals surface area contributed by atoms with E-state index >= 15 is 0 Å². The molecule has 0 radical (unpaired) electrons. The molecule has 0 aromatic carbocycles. The number of pyridine rings is 1. The lowest BCUT2D eigenvalue weighted by molar-refractivity contribution is -0.116. The molecule has 1 heterocycles. The second kappa shape index (κ2) is 4.63. The Bertz CT molecular complexity index is 364. The maximum Gasteiger partial charge on any atom is 0.236 e. The van der Waals surface area contributed by atoms with Gasteiger partial charge in [0.05, 0.1) is 18.4 Å². The van der Waals surface area contributed by atoms with Crippen LogP contribution in [0.15, 0.2) is 12.3 Å². The van der Waals surface area contributed by atoms with E-state index in [1.807, 2.05) is 24.8 Å². The molecule has 0 saturated carbocycles. The van der Waals surface area contributed by atoms with Crippen LogP contribution in [0.3, 0.4) is 0 Å². The number of hydrogen-bond acceptors (Lipinski definition) is 4. The number of likely N-dealkylation sites (N-methyl/N-ethyl adjacent to an activating group) is 1. The van der Waals surface area contributed by atoms with Gasteiger partial charge in [-0.25, -0.2) is 4.98 Å². The lowest BCUT2D eigenvalue weighted by Gasteiger charge is -2.21. The summed E-state index contributed by atoms with van der Waals surface area (Å²) in [5.74, 6) is 0.389. The summed E-state index contributed by atoms with van der Waals surface area (Å²) in [6, 6.07) is 1.83. The van der Waals surface area contributed by atoms with Crippen molar-refractivity contribution < 1.29 is 4.79 Å². The van der Waals surface area contributed by atoms with Crippen molar-refractivity contribution >= 4 is 17.4 Å². The van der Waals surface area contributed by atoms with Crippen molar-refractivity contribution in [1.29, 1.82) is 0 Å². The van der Waals surface area contributed by atoms with Crippen molar-refractivity contribution in [1.82, 2.24) is 4.98 Å². The molecule has 1 amide bonds. The first-order valence-electron chi connectivity index (χ1n) is 4.80. The Balaban J connectivity index is 2.96. The standard InChI is InChI=1S/C10H16N4O/c1-3-14(6-9(12)15)10-7(2)4-8(11)5-13-10/h4-5H,3,6,11H2,1-2H3,(H2,12,15). The molecule has 0 aliphatic heterocycles. The van der Waals surface area contributed by atoms with E-state index in [0.717, 1.165) is 11.4 Å². The molecule has 0 spiro atoms. The highest BCUT2D eigenvalue weighted by molar-refractivity contribution is 5.79. The lowest BCUT2D eigenvalue weighted by atomic mass is 10.2. The zero-order valence-corrected chi connectivity index (χ0v) is 9.03. The van der Waals surface area contributed by atoms with E-state index in [2.05, 4.69) is 4.98 Å². The molecule has 0 aliphatic carbocycles. The molecule has 82 valence electrons. The Morgan fingerprint density at radius 2 is 2.27 bits per heavy atom. The number of aryl methyl sites for hydroxylation is 1. The number of anilines is 2. The maximum atomic E-state index is 10.8. The fraction of sp³-hybridized carbons (Fsp3) is 0.400. The average molecular weight is 208 g/mol. The number of nitrogens with zero attached hydrogens (tertiary/aromatic N) is 2. The molecule has 0 atom stereocenters.